The van der Waals surface area contributed by atoms with Gasteiger partial charge in [-0.25, -0.2) is 4.98 Å². The Bertz CT molecular complexity index is 676. The molecule has 0 fully saturated rings. The van der Waals surface area contributed by atoms with Gasteiger partial charge in [0, 0.05) is 31.1 Å². The lowest BCUT2D eigenvalue weighted by molar-refractivity contribution is 0.321. The van der Waals surface area contributed by atoms with Crippen molar-refractivity contribution in [1.82, 2.24) is 15.6 Å². The molecule has 2 aromatic rings. The van der Waals surface area contributed by atoms with Gasteiger partial charge in [0.2, 0.25) is 0 Å². The second-order valence-corrected chi connectivity index (χ2v) is 7.12. The van der Waals surface area contributed by atoms with Crippen LogP contribution in [0.5, 0.6) is 5.75 Å². The molecule has 0 aliphatic heterocycles. The summed E-state index contributed by atoms with van der Waals surface area (Å²) in [6.45, 7) is 8.42. The van der Waals surface area contributed by atoms with Crippen LogP contribution in [0.2, 0.25) is 0 Å². The van der Waals surface area contributed by atoms with Crippen LogP contribution in [0.4, 0.5) is 0 Å². The summed E-state index contributed by atoms with van der Waals surface area (Å²) in [5.74, 6) is 1.70. The van der Waals surface area contributed by atoms with Gasteiger partial charge in [-0.2, -0.15) is 0 Å². The maximum Gasteiger partial charge on any atom is 0.191 e. The monoisotopic (exact) mass is 360 g/mol. The third-order valence-electron chi connectivity index (χ3n) is 3.66. The third-order valence-corrected chi connectivity index (χ3v) is 4.86. The van der Waals surface area contributed by atoms with Crippen LogP contribution in [0.15, 0.2) is 29.4 Å². The number of nitrogens with one attached hydrogen (secondary N) is 2. The van der Waals surface area contributed by atoms with Crippen molar-refractivity contribution in [2.75, 3.05) is 26.7 Å². The molecule has 1 aromatic heterocycles. The second kappa shape index (κ2) is 10.0. The average molecular weight is 361 g/mol. The Labute approximate surface area is 154 Å². The zero-order chi connectivity index (χ0) is 18.1. The van der Waals surface area contributed by atoms with Crippen molar-refractivity contribution in [2.24, 2.45) is 4.99 Å². The van der Waals surface area contributed by atoms with Gasteiger partial charge in [0.05, 0.1) is 11.6 Å². The highest BCUT2D eigenvalue weighted by atomic mass is 32.1. The van der Waals surface area contributed by atoms with E-state index in [0.29, 0.717) is 13.2 Å². The van der Waals surface area contributed by atoms with Crippen LogP contribution in [0, 0.1) is 13.8 Å². The summed E-state index contributed by atoms with van der Waals surface area (Å²) in [5, 5.41) is 7.75. The summed E-state index contributed by atoms with van der Waals surface area (Å²) in [7, 11) is 1.78. The average Bonchev–Trinajstić information content (AvgIpc) is 3.04. The normalized spacial score (nSPS) is 11.4. The Morgan fingerprint density at radius 1 is 1.16 bits per heavy atom. The number of nitrogens with zero attached hydrogens (tertiary/aromatic N) is 2. The van der Waals surface area contributed by atoms with Gasteiger partial charge < -0.3 is 15.4 Å². The van der Waals surface area contributed by atoms with Crippen molar-refractivity contribution >= 4 is 17.3 Å². The standard InChI is InChI=1S/C19H28N4OS/c1-5-17-13-23-18(25-17)6-7-21-19(20-4)22-8-9-24-16-11-14(2)10-15(3)12-16/h10-13H,5-9H2,1-4H3,(H2,20,21,22). The van der Waals surface area contributed by atoms with E-state index in [1.807, 2.05) is 6.20 Å². The van der Waals surface area contributed by atoms with Crippen LogP contribution < -0.4 is 15.4 Å². The van der Waals surface area contributed by atoms with Crippen molar-refractivity contribution in [3.8, 4) is 5.75 Å². The summed E-state index contributed by atoms with van der Waals surface area (Å²) < 4.78 is 5.80. The molecular weight excluding hydrogens is 332 g/mol. The minimum Gasteiger partial charge on any atom is -0.492 e. The highest BCUT2D eigenvalue weighted by molar-refractivity contribution is 7.11. The van der Waals surface area contributed by atoms with Crippen molar-refractivity contribution < 1.29 is 4.74 Å². The minimum atomic E-state index is 0.593. The largest absolute Gasteiger partial charge is 0.492 e. The molecule has 1 aromatic carbocycles. The van der Waals surface area contributed by atoms with Gasteiger partial charge in [-0.3, -0.25) is 4.99 Å². The molecule has 0 unspecified atom stereocenters. The molecule has 136 valence electrons. The van der Waals surface area contributed by atoms with Crippen molar-refractivity contribution in [3.63, 3.8) is 0 Å². The van der Waals surface area contributed by atoms with Gasteiger partial charge >= 0.3 is 0 Å². The Balaban J connectivity index is 1.66. The number of aryl methyl sites for hydroxylation is 3. The van der Waals surface area contributed by atoms with Crippen LogP contribution in [-0.4, -0.2) is 37.7 Å². The second-order valence-electron chi connectivity index (χ2n) is 5.92. The predicted octanol–water partition coefficient (Wildman–Crippen LogP) is 3.11. The molecule has 2 rings (SSSR count). The number of rotatable bonds is 8. The van der Waals surface area contributed by atoms with Gasteiger partial charge in [-0.15, -0.1) is 11.3 Å². The van der Waals surface area contributed by atoms with E-state index < -0.39 is 0 Å². The van der Waals surface area contributed by atoms with Crippen molar-refractivity contribution in [2.45, 2.75) is 33.6 Å². The molecule has 2 N–H and O–H groups in total. The Morgan fingerprint density at radius 3 is 2.52 bits per heavy atom. The van der Waals surface area contributed by atoms with Gasteiger partial charge in [-0.1, -0.05) is 13.0 Å². The zero-order valence-corrected chi connectivity index (χ0v) is 16.4. The molecular formula is C19H28N4OS. The highest BCUT2D eigenvalue weighted by Crippen LogP contribution is 2.16. The van der Waals surface area contributed by atoms with Crippen molar-refractivity contribution in [3.05, 3.63) is 45.4 Å². The van der Waals surface area contributed by atoms with E-state index in [9.17, 15) is 0 Å². The number of benzene rings is 1. The predicted molar refractivity (Wildman–Crippen MR) is 106 cm³/mol. The van der Waals surface area contributed by atoms with Crippen LogP contribution in [0.1, 0.15) is 27.9 Å². The number of aromatic nitrogens is 1. The summed E-state index contributed by atoms with van der Waals surface area (Å²) in [4.78, 5) is 10.0. The summed E-state index contributed by atoms with van der Waals surface area (Å²) in [5.41, 5.74) is 2.43. The fraction of sp³-hybridized carbons (Fsp3) is 0.474. The quantitative estimate of drug-likeness (QED) is 0.431. The first-order valence-electron chi connectivity index (χ1n) is 8.70. The third kappa shape index (κ3) is 6.74. The van der Waals surface area contributed by atoms with E-state index >= 15 is 0 Å². The molecule has 0 saturated carbocycles. The van der Waals surface area contributed by atoms with Gasteiger partial charge in [0.1, 0.15) is 12.4 Å². The van der Waals surface area contributed by atoms with Gasteiger partial charge in [0.25, 0.3) is 0 Å². The van der Waals surface area contributed by atoms with E-state index in [0.717, 1.165) is 36.1 Å². The van der Waals surface area contributed by atoms with E-state index in [4.69, 9.17) is 4.74 Å². The Kier molecular flexibility index (Phi) is 7.73. The lowest BCUT2D eigenvalue weighted by atomic mass is 10.1. The molecule has 0 amide bonds. The number of guanidine groups is 1. The van der Waals surface area contributed by atoms with E-state index in [2.05, 4.69) is 59.6 Å². The van der Waals surface area contributed by atoms with Crippen LogP contribution >= 0.6 is 11.3 Å². The number of thiazole rings is 1. The van der Waals surface area contributed by atoms with Crippen LogP contribution in [-0.2, 0) is 12.8 Å². The lowest BCUT2D eigenvalue weighted by Gasteiger charge is -2.12. The number of hydrogen-bond acceptors (Lipinski definition) is 4. The van der Waals surface area contributed by atoms with E-state index in [1.165, 1.54) is 16.0 Å². The fourth-order valence-electron chi connectivity index (χ4n) is 2.49. The SMILES string of the molecule is CCc1cnc(CCNC(=NC)NCCOc2cc(C)cc(C)c2)s1. The molecule has 1 heterocycles. The van der Waals surface area contributed by atoms with Crippen LogP contribution in [0.3, 0.4) is 0 Å². The summed E-state index contributed by atoms with van der Waals surface area (Å²) in [6.07, 6.45) is 3.93. The smallest absolute Gasteiger partial charge is 0.191 e. The van der Waals surface area contributed by atoms with E-state index in [-0.39, 0.29) is 0 Å². The molecule has 25 heavy (non-hydrogen) atoms. The van der Waals surface area contributed by atoms with Crippen molar-refractivity contribution in [1.29, 1.82) is 0 Å². The highest BCUT2D eigenvalue weighted by Gasteiger charge is 2.02. The molecule has 0 atom stereocenters. The van der Waals surface area contributed by atoms with E-state index in [1.54, 1.807) is 18.4 Å². The molecule has 0 spiro atoms. The zero-order valence-electron chi connectivity index (χ0n) is 15.6. The van der Waals surface area contributed by atoms with Gasteiger partial charge in [-0.05, 0) is 43.5 Å². The fourth-order valence-corrected chi connectivity index (χ4v) is 3.35. The maximum absolute atomic E-state index is 5.80. The molecule has 0 radical (unpaired) electrons. The molecule has 0 saturated heterocycles. The number of ether oxygens (including phenoxy) is 1. The summed E-state index contributed by atoms with van der Waals surface area (Å²) >= 11 is 1.78. The Morgan fingerprint density at radius 2 is 1.88 bits per heavy atom. The lowest BCUT2D eigenvalue weighted by Crippen LogP contribution is -2.40. The Hall–Kier alpha value is -2.08. The molecule has 6 heteroatoms. The molecule has 0 aliphatic carbocycles. The first-order valence-corrected chi connectivity index (χ1v) is 9.51. The maximum atomic E-state index is 5.80. The molecule has 0 bridgehead atoms. The molecule has 5 nitrogen and oxygen atoms in total. The summed E-state index contributed by atoms with van der Waals surface area (Å²) in [6, 6.07) is 6.25. The topological polar surface area (TPSA) is 58.5 Å². The number of hydrogen-bond donors (Lipinski definition) is 2. The first-order chi connectivity index (χ1) is 12.1. The number of aliphatic imine (C=N–C) groups is 1. The first kappa shape index (κ1) is 19.2. The van der Waals surface area contributed by atoms with Gasteiger partial charge in [0.15, 0.2) is 5.96 Å². The van der Waals surface area contributed by atoms with Crippen LogP contribution in [0.25, 0.3) is 0 Å². The minimum absolute atomic E-state index is 0.593. The molecule has 0 aliphatic rings.